The second-order valence-electron chi connectivity index (χ2n) is 6.90. The van der Waals surface area contributed by atoms with Crippen LogP contribution in [0.3, 0.4) is 0 Å². The summed E-state index contributed by atoms with van der Waals surface area (Å²) < 4.78 is 7.51. The van der Waals surface area contributed by atoms with Gasteiger partial charge in [-0.1, -0.05) is 48.9 Å². The Kier molecular flexibility index (Phi) is 7.07. The molecule has 30 heavy (non-hydrogen) atoms. The highest BCUT2D eigenvalue weighted by Crippen LogP contribution is 2.20. The number of aromatic nitrogens is 2. The van der Waals surface area contributed by atoms with E-state index in [0.29, 0.717) is 35.5 Å². The number of hydrogen-bond acceptors (Lipinski definition) is 4. The van der Waals surface area contributed by atoms with Crippen LogP contribution in [0.4, 0.5) is 0 Å². The minimum absolute atomic E-state index is 0.110. The number of nitrogens with zero attached hydrogens (tertiary/aromatic N) is 2. The van der Waals surface area contributed by atoms with E-state index in [-0.39, 0.29) is 12.5 Å². The number of rotatable bonds is 8. The molecule has 0 aliphatic carbocycles. The lowest BCUT2D eigenvalue weighted by Gasteiger charge is -2.21. The van der Waals surface area contributed by atoms with E-state index >= 15 is 0 Å². The third-order valence-electron chi connectivity index (χ3n) is 4.92. The summed E-state index contributed by atoms with van der Waals surface area (Å²) in [4.78, 5) is 39.4. The zero-order valence-electron chi connectivity index (χ0n) is 16.9. The van der Waals surface area contributed by atoms with Gasteiger partial charge >= 0.3 is 5.69 Å². The lowest BCUT2D eigenvalue weighted by Crippen LogP contribution is -2.45. The molecule has 1 aromatic heterocycles. The van der Waals surface area contributed by atoms with E-state index in [1.54, 1.807) is 25.3 Å². The summed E-state index contributed by atoms with van der Waals surface area (Å²) in [7, 11) is 1.54. The number of carbonyl (C=O) groups is 1. The van der Waals surface area contributed by atoms with Crippen molar-refractivity contribution in [2.45, 2.75) is 25.9 Å². The highest BCUT2D eigenvalue weighted by molar-refractivity contribution is 6.31. The highest BCUT2D eigenvalue weighted by Gasteiger charge is 2.24. The zero-order chi connectivity index (χ0) is 21.7. The topological polar surface area (TPSA) is 82.3 Å². The van der Waals surface area contributed by atoms with Crippen LogP contribution in [0.15, 0.2) is 58.1 Å². The van der Waals surface area contributed by atoms with E-state index in [9.17, 15) is 14.4 Å². The minimum Gasteiger partial charge on any atom is -0.383 e. The summed E-state index contributed by atoms with van der Waals surface area (Å²) >= 11 is 6.15. The minimum atomic E-state index is -0.794. The number of halogens is 1. The van der Waals surface area contributed by atoms with E-state index in [2.05, 4.69) is 5.32 Å². The van der Waals surface area contributed by atoms with Crippen LogP contribution in [0.2, 0.25) is 5.02 Å². The third-order valence-corrected chi connectivity index (χ3v) is 5.16. The van der Waals surface area contributed by atoms with Gasteiger partial charge in [-0.3, -0.25) is 18.7 Å². The number of hydrogen-bond donors (Lipinski definition) is 1. The monoisotopic (exact) mass is 429 g/mol. The van der Waals surface area contributed by atoms with Gasteiger partial charge in [0.2, 0.25) is 5.91 Å². The van der Waals surface area contributed by atoms with Crippen LogP contribution in [-0.4, -0.2) is 35.3 Å². The Hall–Kier alpha value is -2.90. The van der Waals surface area contributed by atoms with Gasteiger partial charge in [-0.25, -0.2) is 4.79 Å². The van der Waals surface area contributed by atoms with Crippen LogP contribution < -0.4 is 16.6 Å². The molecule has 0 radical (unpaired) electrons. The van der Waals surface area contributed by atoms with Crippen molar-refractivity contribution >= 4 is 28.4 Å². The van der Waals surface area contributed by atoms with Gasteiger partial charge in [-0.05, 0) is 30.2 Å². The molecule has 0 spiro atoms. The Bertz CT molecular complexity index is 1150. The van der Waals surface area contributed by atoms with Gasteiger partial charge in [0.1, 0.15) is 6.04 Å². The maximum absolute atomic E-state index is 13.4. The molecule has 1 N–H and O–H groups in total. The molecule has 158 valence electrons. The predicted molar refractivity (Wildman–Crippen MR) is 117 cm³/mol. The number of fused-ring (bicyclic) bond motifs is 1. The first-order chi connectivity index (χ1) is 14.5. The Morgan fingerprint density at radius 2 is 1.90 bits per heavy atom. The van der Waals surface area contributed by atoms with Crippen molar-refractivity contribution in [1.29, 1.82) is 0 Å². The Labute approximate surface area is 178 Å². The Morgan fingerprint density at radius 3 is 2.57 bits per heavy atom. The van der Waals surface area contributed by atoms with Gasteiger partial charge in [0, 0.05) is 18.7 Å². The first-order valence-corrected chi connectivity index (χ1v) is 10.1. The second kappa shape index (κ2) is 9.73. The van der Waals surface area contributed by atoms with Crippen molar-refractivity contribution in [1.82, 2.24) is 14.5 Å². The molecule has 0 aliphatic heterocycles. The summed E-state index contributed by atoms with van der Waals surface area (Å²) in [5.74, 6) is -0.317. The van der Waals surface area contributed by atoms with Crippen molar-refractivity contribution in [3.63, 3.8) is 0 Å². The van der Waals surface area contributed by atoms with Crippen molar-refractivity contribution in [3.8, 4) is 0 Å². The number of amides is 1. The van der Waals surface area contributed by atoms with Crippen molar-refractivity contribution in [2.75, 3.05) is 20.3 Å². The molecule has 0 aliphatic rings. The van der Waals surface area contributed by atoms with E-state index in [1.165, 1.54) is 4.57 Å². The lowest BCUT2D eigenvalue weighted by molar-refractivity contribution is -0.124. The maximum atomic E-state index is 13.4. The van der Waals surface area contributed by atoms with E-state index in [1.807, 2.05) is 37.3 Å². The van der Waals surface area contributed by atoms with E-state index < -0.39 is 17.3 Å². The molecule has 0 saturated heterocycles. The van der Waals surface area contributed by atoms with Crippen LogP contribution in [0.5, 0.6) is 0 Å². The quantitative estimate of drug-likeness (QED) is 0.558. The van der Waals surface area contributed by atoms with Crippen LogP contribution in [0, 0.1) is 0 Å². The number of methoxy groups -OCH3 is 1. The smallest absolute Gasteiger partial charge is 0.332 e. The number of carbonyl (C=O) groups excluding carboxylic acids is 1. The number of benzene rings is 2. The SMILES string of the molecule is CCC(C(=O)NCCOC)n1c(=O)n(Cc2ccccc2)c(=O)c2ccc(Cl)cc21. The van der Waals surface area contributed by atoms with Gasteiger partial charge in [0.25, 0.3) is 5.56 Å². The fourth-order valence-electron chi connectivity index (χ4n) is 3.44. The van der Waals surface area contributed by atoms with E-state index in [0.717, 1.165) is 10.1 Å². The van der Waals surface area contributed by atoms with Crippen LogP contribution in [0.25, 0.3) is 10.9 Å². The third kappa shape index (κ3) is 4.47. The standard InChI is InChI=1S/C22H24ClN3O4/c1-3-18(20(27)24-11-12-30-2)26-19-13-16(23)9-10-17(19)21(28)25(22(26)29)14-15-7-5-4-6-8-15/h4-10,13,18H,3,11-12,14H2,1-2H3,(H,24,27). The Morgan fingerprint density at radius 1 is 1.17 bits per heavy atom. The number of ether oxygens (including phenoxy) is 1. The molecule has 0 saturated carbocycles. The molecule has 2 aromatic carbocycles. The molecule has 1 amide bonds. The van der Waals surface area contributed by atoms with Crippen molar-refractivity contribution in [2.24, 2.45) is 0 Å². The van der Waals surface area contributed by atoms with Crippen molar-refractivity contribution in [3.05, 3.63) is 80.0 Å². The molecule has 1 atom stereocenters. The maximum Gasteiger partial charge on any atom is 0.332 e. The molecule has 3 rings (SSSR count). The van der Waals surface area contributed by atoms with Crippen LogP contribution >= 0.6 is 11.6 Å². The average Bonchev–Trinajstić information content (AvgIpc) is 2.74. The molecule has 7 nitrogen and oxygen atoms in total. The molecular formula is C22H24ClN3O4. The first kappa shape index (κ1) is 21.8. The summed E-state index contributed by atoms with van der Waals surface area (Å²) in [5, 5.41) is 3.49. The summed E-state index contributed by atoms with van der Waals surface area (Å²) in [6, 6.07) is 13.2. The number of nitrogens with one attached hydrogen (secondary N) is 1. The van der Waals surface area contributed by atoms with Gasteiger partial charge in [0.05, 0.1) is 24.1 Å². The molecule has 0 bridgehead atoms. The molecule has 8 heteroatoms. The highest BCUT2D eigenvalue weighted by atomic mass is 35.5. The summed E-state index contributed by atoms with van der Waals surface area (Å²) in [6.07, 6.45) is 0.365. The lowest BCUT2D eigenvalue weighted by atomic mass is 10.1. The fraction of sp³-hybridized carbons (Fsp3) is 0.318. The van der Waals surface area contributed by atoms with Gasteiger partial charge in [0.15, 0.2) is 0 Å². The van der Waals surface area contributed by atoms with Crippen LogP contribution in [0.1, 0.15) is 24.9 Å². The zero-order valence-corrected chi connectivity index (χ0v) is 17.7. The van der Waals surface area contributed by atoms with Crippen molar-refractivity contribution < 1.29 is 9.53 Å². The largest absolute Gasteiger partial charge is 0.383 e. The predicted octanol–water partition coefficient (Wildman–Crippen LogP) is 2.58. The second-order valence-corrected chi connectivity index (χ2v) is 7.34. The molecular weight excluding hydrogens is 406 g/mol. The molecule has 1 unspecified atom stereocenters. The first-order valence-electron chi connectivity index (χ1n) is 9.73. The van der Waals surface area contributed by atoms with Gasteiger partial charge < -0.3 is 10.1 Å². The average molecular weight is 430 g/mol. The van der Waals surface area contributed by atoms with Gasteiger partial charge in [-0.15, -0.1) is 0 Å². The molecule has 0 fully saturated rings. The Balaban J connectivity index is 2.20. The van der Waals surface area contributed by atoms with Crippen LogP contribution in [-0.2, 0) is 16.1 Å². The van der Waals surface area contributed by atoms with E-state index in [4.69, 9.17) is 16.3 Å². The summed E-state index contributed by atoms with van der Waals surface area (Å²) in [5.41, 5.74) is 0.193. The fourth-order valence-corrected chi connectivity index (χ4v) is 3.60. The molecule has 1 heterocycles. The van der Waals surface area contributed by atoms with Gasteiger partial charge in [-0.2, -0.15) is 0 Å². The normalized spacial score (nSPS) is 12.1. The summed E-state index contributed by atoms with van der Waals surface area (Å²) in [6.45, 7) is 2.61. The molecule has 3 aromatic rings.